The first-order valence-corrected chi connectivity index (χ1v) is 8.59. The number of halogens is 3. The van der Waals surface area contributed by atoms with Crippen LogP contribution in [0.25, 0.3) is 0 Å². The van der Waals surface area contributed by atoms with Crippen LogP contribution in [-0.4, -0.2) is 11.1 Å². The molecule has 7 heteroatoms. The average molecular weight is 435 g/mol. The van der Waals surface area contributed by atoms with Crippen molar-refractivity contribution < 1.29 is 18.7 Å². The third-order valence-electron chi connectivity index (χ3n) is 3.49. The minimum absolute atomic E-state index is 0.0894. The van der Waals surface area contributed by atoms with Gasteiger partial charge in [-0.2, -0.15) is 10.5 Å². The van der Waals surface area contributed by atoms with Gasteiger partial charge < -0.3 is 5.11 Å². The van der Waals surface area contributed by atoms with Gasteiger partial charge in [-0.15, -0.1) is 0 Å². The molecule has 140 valence electrons. The molecule has 0 heterocycles. The minimum Gasteiger partial charge on any atom is -0.481 e. The Morgan fingerprint density at radius 3 is 2.22 bits per heavy atom. The maximum atomic E-state index is 13.7. The van der Waals surface area contributed by atoms with Crippen molar-refractivity contribution in [1.82, 2.24) is 0 Å². The summed E-state index contributed by atoms with van der Waals surface area (Å²) in [6.45, 7) is 5.66. The van der Waals surface area contributed by atoms with E-state index in [0.29, 0.717) is 15.6 Å². The number of hydrogen-bond donors (Lipinski definition) is 1. The summed E-state index contributed by atoms with van der Waals surface area (Å²) in [4.78, 5) is 10.2. The summed E-state index contributed by atoms with van der Waals surface area (Å²) in [5.74, 6) is -2.08. The van der Waals surface area contributed by atoms with Crippen molar-refractivity contribution in [2.24, 2.45) is 0 Å². The van der Waals surface area contributed by atoms with E-state index in [1.54, 1.807) is 18.2 Å². The van der Waals surface area contributed by atoms with Gasteiger partial charge in [-0.05, 0) is 51.2 Å². The van der Waals surface area contributed by atoms with E-state index in [1.807, 2.05) is 26.8 Å². The zero-order chi connectivity index (χ0) is 20.8. The largest absolute Gasteiger partial charge is 0.481 e. The highest BCUT2D eigenvalue weighted by Crippen LogP contribution is 2.32. The van der Waals surface area contributed by atoms with Crippen LogP contribution in [0.3, 0.4) is 0 Å². The summed E-state index contributed by atoms with van der Waals surface area (Å²) < 4.78 is 27.1. The van der Waals surface area contributed by atoms with Crippen molar-refractivity contribution in [2.45, 2.75) is 32.6 Å². The van der Waals surface area contributed by atoms with Gasteiger partial charge in [-0.1, -0.05) is 26.8 Å². The van der Waals surface area contributed by atoms with Crippen LogP contribution in [0.15, 0.2) is 34.8 Å². The number of rotatable bonds is 2. The van der Waals surface area contributed by atoms with Gasteiger partial charge >= 0.3 is 5.97 Å². The molecule has 0 amide bonds. The topological polar surface area (TPSA) is 84.9 Å². The van der Waals surface area contributed by atoms with Crippen LogP contribution in [-0.2, 0) is 16.6 Å². The molecule has 0 aliphatic heterocycles. The molecule has 0 radical (unpaired) electrons. The van der Waals surface area contributed by atoms with Gasteiger partial charge in [0.1, 0.15) is 11.6 Å². The number of carboxylic acids is 1. The normalized spacial score (nSPS) is 10.2. The van der Waals surface area contributed by atoms with E-state index in [1.165, 1.54) is 12.1 Å². The fourth-order valence-electron chi connectivity index (χ4n) is 2.30. The zero-order valence-electron chi connectivity index (χ0n) is 15.0. The molecule has 4 nitrogen and oxygen atoms in total. The fraction of sp³-hybridized carbons (Fsp3) is 0.250. The predicted octanol–water partition coefficient (Wildman–Crippen LogP) is 5.08. The molecule has 0 saturated heterocycles. The minimum atomic E-state index is -1.09. The third kappa shape index (κ3) is 6.16. The maximum absolute atomic E-state index is 13.7. The highest BCUT2D eigenvalue weighted by Gasteiger charge is 2.23. The van der Waals surface area contributed by atoms with Gasteiger partial charge in [-0.25, -0.2) is 8.78 Å². The van der Waals surface area contributed by atoms with E-state index in [4.69, 9.17) is 15.6 Å². The van der Waals surface area contributed by atoms with Gasteiger partial charge in [-0.3, -0.25) is 4.79 Å². The highest BCUT2D eigenvalue weighted by molar-refractivity contribution is 9.10. The van der Waals surface area contributed by atoms with E-state index in [-0.39, 0.29) is 28.8 Å². The van der Waals surface area contributed by atoms with Gasteiger partial charge in [0.05, 0.1) is 34.2 Å². The second-order valence-corrected chi connectivity index (χ2v) is 7.49. The Labute approximate surface area is 164 Å². The van der Waals surface area contributed by atoms with Gasteiger partial charge in [0.2, 0.25) is 0 Å². The van der Waals surface area contributed by atoms with Crippen LogP contribution in [0.1, 0.15) is 43.0 Å². The lowest BCUT2D eigenvalue weighted by Gasteiger charge is -2.21. The maximum Gasteiger partial charge on any atom is 0.307 e. The first kappa shape index (κ1) is 22.3. The molecule has 0 aliphatic carbocycles. The van der Waals surface area contributed by atoms with Crippen LogP contribution in [0, 0.1) is 34.3 Å². The second kappa shape index (κ2) is 9.25. The first-order chi connectivity index (χ1) is 12.5. The van der Waals surface area contributed by atoms with Crippen molar-refractivity contribution in [3.63, 3.8) is 0 Å². The van der Waals surface area contributed by atoms with E-state index in [2.05, 4.69) is 15.9 Å². The Morgan fingerprint density at radius 1 is 1.15 bits per heavy atom. The Balaban J connectivity index is 0.000000271. The molecule has 2 rings (SSSR count). The molecule has 27 heavy (non-hydrogen) atoms. The third-order valence-corrected chi connectivity index (χ3v) is 4.10. The standard InChI is InChI=1S/C11H11BrFN.C9H6FNO2/c1-11(2,3)9-7(6-14)4-5-8(12)10(9)13;10-8-3-6(5-11)1-2-7(8)4-9(12)13/h4-5H,1-3H3;1-3H,4H2,(H,12,13). The Bertz CT molecular complexity index is 939. The van der Waals surface area contributed by atoms with Gasteiger partial charge in [0, 0.05) is 5.56 Å². The molecule has 0 unspecified atom stereocenters. The smallest absolute Gasteiger partial charge is 0.307 e. The summed E-state index contributed by atoms with van der Waals surface area (Å²) in [5.41, 5.74) is 0.782. The predicted molar refractivity (Wildman–Crippen MR) is 100.0 cm³/mol. The summed E-state index contributed by atoms with van der Waals surface area (Å²) >= 11 is 3.12. The molecule has 0 spiro atoms. The molecule has 2 aromatic carbocycles. The molecule has 2 aromatic rings. The quantitative estimate of drug-likeness (QED) is 0.713. The highest BCUT2D eigenvalue weighted by atomic mass is 79.9. The molecular weight excluding hydrogens is 418 g/mol. The average Bonchev–Trinajstić information content (AvgIpc) is 2.58. The Kier molecular flexibility index (Phi) is 7.63. The van der Waals surface area contributed by atoms with Crippen LogP contribution >= 0.6 is 15.9 Å². The molecular formula is C20H17BrF2N2O2. The molecule has 0 aliphatic rings. The van der Waals surface area contributed by atoms with E-state index < -0.39 is 11.8 Å². The summed E-state index contributed by atoms with van der Waals surface area (Å²) in [7, 11) is 0. The lowest BCUT2D eigenvalue weighted by Crippen LogP contribution is -2.16. The fourth-order valence-corrected chi connectivity index (χ4v) is 2.63. The zero-order valence-corrected chi connectivity index (χ0v) is 16.6. The SMILES string of the molecule is CC(C)(C)c1c(C#N)ccc(Br)c1F.N#Cc1ccc(CC(=O)O)c(F)c1. The first-order valence-electron chi connectivity index (χ1n) is 7.80. The van der Waals surface area contributed by atoms with Crippen molar-refractivity contribution in [3.8, 4) is 12.1 Å². The lowest BCUT2D eigenvalue weighted by molar-refractivity contribution is -0.136. The van der Waals surface area contributed by atoms with E-state index in [0.717, 1.165) is 6.07 Å². The van der Waals surface area contributed by atoms with Crippen LogP contribution in [0.2, 0.25) is 0 Å². The van der Waals surface area contributed by atoms with Crippen molar-refractivity contribution in [1.29, 1.82) is 10.5 Å². The molecule has 0 saturated carbocycles. The van der Waals surface area contributed by atoms with E-state index >= 15 is 0 Å². The number of nitriles is 2. The van der Waals surface area contributed by atoms with Crippen LogP contribution < -0.4 is 0 Å². The van der Waals surface area contributed by atoms with Gasteiger partial charge in [0.25, 0.3) is 0 Å². The number of carboxylic acid groups (broad SMARTS) is 1. The molecule has 0 bridgehead atoms. The number of carbonyl (C=O) groups is 1. The summed E-state index contributed by atoms with van der Waals surface area (Å²) in [5, 5.41) is 25.7. The lowest BCUT2D eigenvalue weighted by atomic mass is 9.83. The van der Waals surface area contributed by atoms with Crippen LogP contribution in [0.5, 0.6) is 0 Å². The molecule has 0 fully saturated rings. The number of benzene rings is 2. The monoisotopic (exact) mass is 434 g/mol. The van der Waals surface area contributed by atoms with Crippen molar-refractivity contribution in [3.05, 3.63) is 68.7 Å². The van der Waals surface area contributed by atoms with Crippen molar-refractivity contribution in [2.75, 3.05) is 0 Å². The van der Waals surface area contributed by atoms with Gasteiger partial charge in [0.15, 0.2) is 0 Å². The van der Waals surface area contributed by atoms with E-state index in [9.17, 15) is 13.6 Å². The second-order valence-electron chi connectivity index (χ2n) is 6.63. The molecule has 1 N–H and O–H groups in total. The number of nitrogens with zero attached hydrogens (tertiary/aromatic N) is 2. The molecule has 0 atom stereocenters. The molecule has 0 aromatic heterocycles. The number of hydrogen-bond acceptors (Lipinski definition) is 3. The summed E-state index contributed by atoms with van der Waals surface area (Å²) in [6.07, 6.45) is -0.364. The Morgan fingerprint density at radius 2 is 1.78 bits per heavy atom. The van der Waals surface area contributed by atoms with Crippen molar-refractivity contribution >= 4 is 21.9 Å². The summed E-state index contributed by atoms with van der Waals surface area (Å²) in [6, 6.07) is 10.7. The number of aliphatic carboxylic acids is 1. The Hall–Kier alpha value is -2.77. The van der Waals surface area contributed by atoms with Crippen LogP contribution in [0.4, 0.5) is 8.78 Å².